The average molecular weight is 239 g/mol. The summed E-state index contributed by atoms with van der Waals surface area (Å²) in [5.41, 5.74) is 6.47. The van der Waals surface area contributed by atoms with E-state index in [1.807, 2.05) is 0 Å². The number of hydrogen-bond acceptors (Lipinski definition) is 3. The van der Waals surface area contributed by atoms with E-state index in [1.165, 1.54) is 6.07 Å². The number of nitrogen functional groups attached to an aromatic ring is 1. The SMILES string of the molecule is CCN(CC)CCCNc1ccc(N)cc1F. The summed E-state index contributed by atoms with van der Waals surface area (Å²) in [6.45, 7) is 8.24. The Morgan fingerprint density at radius 1 is 1.29 bits per heavy atom. The van der Waals surface area contributed by atoms with Crippen LogP contribution in [0.15, 0.2) is 18.2 Å². The summed E-state index contributed by atoms with van der Waals surface area (Å²) >= 11 is 0. The summed E-state index contributed by atoms with van der Waals surface area (Å²) < 4.78 is 13.4. The first-order chi connectivity index (χ1) is 8.17. The molecule has 1 aromatic carbocycles. The molecule has 0 unspecified atom stereocenters. The van der Waals surface area contributed by atoms with E-state index in [0.29, 0.717) is 11.4 Å². The lowest BCUT2D eigenvalue weighted by Crippen LogP contribution is -2.25. The van der Waals surface area contributed by atoms with Crippen molar-refractivity contribution in [2.45, 2.75) is 20.3 Å². The third-order valence-corrected chi connectivity index (χ3v) is 2.85. The Hall–Kier alpha value is -1.29. The van der Waals surface area contributed by atoms with E-state index in [2.05, 4.69) is 24.1 Å². The van der Waals surface area contributed by atoms with Gasteiger partial charge in [-0.25, -0.2) is 4.39 Å². The normalized spacial score (nSPS) is 10.8. The summed E-state index contributed by atoms with van der Waals surface area (Å²) in [4.78, 5) is 2.35. The van der Waals surface area contributed by atoms with Gasteiger partial charge in [0.05, 0.1) is 5.69 Å². The van der Waals surface area contributed by atoms with Crippen LogP contribution in [0.2, 0.25) is 0 Å². The van der Waals surface area contributed by atoms with E-state index in [-0.39, 0.29) is 5.82 Å². The second-order valence-corrected chi connectivity index (χ2v) is 4.05. The molecule has 0 saturated heterocycles. The third-order valence-electron chi connectivity index (χ3n) is 2.85. The zero-order chi connectivity index (χ0) is 12.7. The molecule has 17 heavy (non-hydrogen) atoms. The largest absolute Gasteiger partial charge is 0.399 e. The minimum atomic E-state index is -0.284. The molecule has 0 bridgehead atoms. The summed E-state index contributed by atoms with van der Waals surface area (Å²) in [5, 5.41) is 3.09. The van der Waals surface area contributed by atoms with Gasteiger partial charge in [-0.05, 0) is 44.3 Å². The lowest BCUT2D eigenvalue weighted by Gasteiger charge is -2.18. The van der Waals surface area contributed by atoms with Crippen LogP contribution in [0.4, 0.5) is 15.8 Å². The molecule has 96 valence electrons. The Balaban J connectivity index is 2.31. The number of anilines is 2. The van der Waals surface area contributed by atoms with Crippen LogP contribution in [0, 0.1) is 5.82 Å². The van der Waals surface area contributed by atoms with Crippen molar-refractivity contribution in [1.29, 1.82) is 0 Å². The van der Waals surface area contributed by atoms with Gasteiger partial charge in [-0.3, -0.25) is 0 Å². The van der Waals surface area contributed by atoms with Crippen LogP contribution in [0.1, 0.15) is 20.3 Å². The van der Waals surface area contributed by atoms with E-state index < -0.39 is 0 Å². The predicted octanol–water partition coefficient (Wildman–Crippen LogP) is 2.55. The molecule has 0 radical (unpaired) electrons. The highest BCUT2D eigenvalue weighted by Gasteiger charge is 2.02. The second kappa shape index (κ2) is 7.12. The van der Waals surface area contributed by atoms with Gasteiger partial charge >= 0.3 is 0 Å². The van der Waals surface area contributed by atoms with Gasteiger partial charge in [0.25, 0.3) is 0 Å². The molecule has 3 N–H and O–H groups in total. The number of nitrogens with zero attached hydrogens (tertiary/aromatic N) is 1. The van der Waals surface area contributed by atoms with E-state index in [1.54, 1.807) is 12.1 Å². The zero-order valence-corrected chi connectivity index (χ0v) is 10.7. The molecule has 3 nitrogen and oxygen atoms in total. The van der Waals surface area contributed by atoms with Crippen molar-refractivity contribution in [2.24, 2.45) is 0 Å². The minimum absolute atomic E-state index is 0.284. The first kappa shape index (κ1) is 13.8. The Labute approximate surface area is 103 Å². The van der Waals surface area contributed by atoms with Crippen molar-refractivity contribution in [1.82, 2.24) is 4.90 Å². The fourth-order valence-electron chi connectivity index (χ4n) is 1.74. The molecule has 0 aliphatic carbocycles. The third kappa shape index (κ3) is 4.61. The molecule has 0 aliphatic heterocycles. The Kier molecular flexibility index (Phi) is 5.77. The molecule has 0 heterocycles. The molecular weight excluding hydrogens is 217 g/mol. The summed E-state index contributed by atoms with van der Waals surface area (Å²) in [6, 6.07) is 4.73. The van der Waals surface area contributed by atoms with Crippen LogP contribution < -0.4 is 11.1 Å². The van der Waals surface area contributed by atoms with E-state index in [9.17, 15) is 4.39 Å². The molecule has 0 aromatic heterocycles. The van der Waals surface area contributed by atoms with Crippen molar-refractivity contribution < 1.29 is 4.39 Å². The first-order valence-corrected chi connectivity index (χ1v) is 6.18. The van der Waals surface area contributed by atoms with Crippen molar-refractivity contribution >= 4 is 11.4 Å². The van der Waals surface area contributed by atoms with Crippen LogP contribution in [0.5, 0.6) is 0 Å². The van der Waals surface area contributed by atoms with E-state index in [0.717, 1.165) is 32.6 Å². The van der Waals surface area contributed by atoms with Crippen LogP contribution in [0.3, 0.4) is 0 Å². The van der Waals surface area contributed by atoms with Crippen molar-refractivity contribution in [3.63, 3.8) is 0 Å². The van der Waals surface area contributed by atoms with Crippen LogP contribution >= 0.6 is 0 Å². The molecule has 0 fully saturated rings. The topological polar surface area (TPSA) is 41.3 Å². The van der Waals surface area contributed by atoms with E-state index in [4.69, 9.17) is 5.73 Å². The number of benzene rings is 1. The maximum atomic E-state index is 13.4. The Morgan fingerprint density at radius 3 is 2.59 bits per heavy atom. The highest BCUT2D eigenvalue weighted by Crippen LogP contribution is 2.16. The monoisotopic (exact) mass is 239 g/mol. The van der Waals surface area contributed by atoms with Gasteiger partial charge in [-0.2, -0.15) is 0 Å². The number of nitrogens with one attached hydrogen (secondary N) is 1. The molecule has 0 amide bonds. The second-order valence-electron chi connectivity index (χ2n) is 4.05. The molecule has 1 rings (SSSR count). The number of halogens is 1. The van der Waals surface area contributed by atoms with Gasteiger partial charge in [0, 0.05) is 12.2 Å². The molecule has 0 spiro atoms. The molecule has 0 atom stereocenters. The summed E-state index contributed by atoms with van der Waals surface area (Å²) in [5.74, 6) is -0.284. The van der Waals surface area contributed by atoms with Crippen molar-refractivity contribution in [2.75, 3.05) is 37.2 Å². The summed E-state index contributed by atoms with van der Waals surface area (Å²) in [7, 11) is 0. The fraction of sp³-hybridized carbons (Fsp3) is 0.538. The van der Waals surface area contributed by atoms with Gasteiger partial charge in [0.2, 0.25) is 0 Å². The molecule has 0 saturated carbocycles. The predicted molar refractivity (Wildman–Crippen MR) is 71.7 cm³/mol. The number of hydrogen-bond donors (Lipinski definition) is 2. The number of rotatable bonds is 7. The van der Waals surface area contributed by atoms with Gasteiger partial charge in [-0.15, -0.1) is 0 Å². The molecule has 0 aliphatic rings. The van der Waals surface area contributed by atoms with Gasteiger partial charge < -0.3 is 16.0 Å². The Bertz CT molecular complexity index is 337. The summed E-state index contributed by atoms with van der Waals surface area (Å²) in [6.07, 6.45) is 1.01. The van der Waals surface area contributed by atoms with Gasteiger partial charge in [-0.1, -0.05) is 13.8 Å². The van der Waals surface area contributed by atoms with Gasteiger partial charge in [0.1, 0.15) is 5.82 Å². The first-order valence-electron chi connectivity index (χ1n) is 6.18. The average Bonchev–Trinajstić information content (AvgIpc) is 2.32. The van der Waals surface area contributed by atoms with Crippen LogP contribution in [0.25, 0.3) is 0 Å². The highest BCUT2D eigenvalue weighted by molar-refractivity contribution is 5.52. The molecule has 4 heteroatoms. The maximum absolute atomic E-state index is 13.4. The lowest BCUT2D eigenvalue weighted by molar-refractivity contribution is 0.303. The molecular formula is C13H22FN3. The lowest BCUT2D eigenvalue weighted by atomic mass is 10.2. The van der Waals surface area contributed by atoms with Crippen LogP contribution in [-0.2, 0) is 0 Å². The minimum Gasteiger partial charge on any atom is -0.399 e. The fourth-order valence-corrected chi connectivity index (χ4v) is 1.74. The molecule has 1 aromatic rings. The Morgan fingerprint density at radius 2 is 2.00 bits per heavy atom. The van der Waals surface area contributed by atoms with Crippen molar-refractivity contribution in [3.8, 4) is 0 Å². The zero-order valence-electron chi connectivity index (χ0n) is 10.7. The van der Waals surface area contributed by atoms with Crippen LogP contribution in [-0.4, -0.2) is 31.1 Å². The quantitative estimate of drug-likeness (QED) is 0.567. The van der Waals surface area contributed by atoms with Crippen molar-refractivity contribution in [3.05, 3.63) is 24.0 Å². The maximum Gasteiger partial charge on any atom is 0.148 e. The highest BCUT2D eigenvalue weighted by atomic mass is 19.1. The standard InChI is InChI=1S/C13H22FN3/c1-3-17(4-2)9-5-8-16-13-7-6-11(15)10-12(13)14/h6-7,10,16H,3-5,8-9,15H2,1-2H3. The smallest absolute Gasteiger partial charge is 0.148 e. The van der Waals surface area contributed by atoms with E-state index >= 15 is 0 Å². The number of nitrogens with two attached hydrogens (primary N) is 1. The van der Waals surface area contributed by atoms with Gasteiger partial charge in [0.15, 0.2) is 0 Å².